The number of hydrogen-bond acceptors (Lipinski definition) is 5. The zero-order valence-electron chi connectivity index (χ0n) is 19.7. The van der Waals surface area contributed by atoms with Gasteiger partial charge in [-0.05, 0) is 50.5 Å². The Bertz CT molecular complexity index is 1150. The lowest BCUT2D eigenvalue weighted by Crippen LogP contribution is -2.49. The summed E-state index contributed by atoms with van der Waals surface area (Å²) in [6, 6.07) is 6.45. The molecule has 1 aliphatic heterocycles. The molecular weight excluding hydrogens is 404 g/mol. The number of hydrogen-bond donors (Lipinski definition) is 0. The van der Waals surface area contributed by atoms with Crippen molar-refractivity contribution < 1.29 is 4.79 Å². The molecule has 1 aromatic carbocycles. The number of piperazine rings is 1. The van der Waals surface area contributed by atoms with Crippen LogP contribution in [0.25, 0.3) is 10.2 Å². The fourth-order valence-electron chi connectivity index (χ4n) is 4.25. The van der Waals surface area contributed by atoms with E-state index in [1.165, 1.54) is 28.2 Å². The van der Waals surface area contributed by atoms with Gasteiger partial charge in [-0.25, -0.2) is 9.97 Å². The Balaban J connectivity index is 1.57. The highest BCUT2D eigenvalue weighted by Crippen LogP contribution is 2.34. The summed E-state index contributed by atoms with van der Waals surface area (Å²) in [7, 11) is 0. The Morgan fingerprint density at radius 1 is 0.968 bits per heavy atom. The normalized spacial score (nSPS) is 15.1. The lowest BCUT2D eigenvalue weighted by atomic mass is 9.95. The smallest absolute Gasteiger partial charge is 0.264 e. The van der Waals surface area contributed by atoms with Crippen molar-refractivity contribution in [3.63, 3.8) is 0 Å². The van der Waals surface area contributed by atoms with Gasteiger partial charge in [-0.15, -0.1) is 11.3 Å². The number of thiophene rings is 1. The molecule has 1 aliphatic rings. The fourth-order valence-corrected chi connectivity index (χ4v) is 5.45. The van der Waals surface area contributed by atoms with E-state index in [-0.39, 0.29) is 11.3 Å². The van der Waals surface area contributed by atoms with Crippen molar-refractivity contribution >= 4 is 33.1 Å². The van der Waals surface area contributed by atoms with Gasteiger partial charge in [0.2, 0.25) is 0 Å². The molecule has 2 aromatic heterocycles. The van der Waals surface area contributed by atoms with Gasteiger partial charge in [0.25, 0.3) is 5.91 Å². The molecule has 6 heteroatoms. The second-order valence-corrected chi connectivity index (χ2v) is 10.6. The molecular formula is C25H32N4OS. The average molecular weight is 437 g/mol. The number of anilines is 1. The third-order valence-corrected chi connectivity index (χ3v) is 7.49. The van der Waals surface area contributed by atoms with E-state index < -0.39 is 0 Å². The average Bonchev–Trinajstić information content (AvgIpc) is 3.06. The van der Waals surface area contributed by atoms with Crippen molar-refractivity contribution in [3.05, 3.63) is 51.3 Å². The van der Waals surface area contributed by atoms with E-state index in [0.29, 0.717) is 0 Å². The van der Waals surface area contributed by atoms with Crippen molar-refractivity contribution in [1.82, 2.24) is 14.9 Å². The lowest BCUT2D eigenvalue weighted by molar-refractivity contribution is 0.0751. The van der Waals surface area contributed by atoms with E-state index in [2.05, 4.69) is 57.7 Å². The molecule has 0 N–H and O–H groups in total. The van der Waals surface area contributed by atoms with Crippen LogP contribution in [0, 0.1) is 27.7 Å². The SMILES string of the molecule is Cc1cccc(N2CCN(C(=O)c3sc4nc(C(C)(C)C)nc(C)c4c3C)CC2)c1C. The summed E-state index contributed by atoms with van der Waals surface area (Å²) in [6.45, 7) is 17.9. The quantitative estimate of drug-likeness (QED) is 0.555. The van der Waals surface area contributed by atoms with Crippen molar-refractivity contribution in [1.29, 1.82) is 0 Å². The van der Waals surface area contributed by atoms with E-state index in [4.69, 9.17) is 9.97 Å². The second-order valence-electron chi connectivity index (χ2n) is 9.62. The van der Waals surface area contributed by atoms with E-state index in [0.717, 1.165) is 58.4 Å². The molecule has 5 nitrogen and oxygen atoms in total. The summed E-state index contributed by atoms with van der Waals surface area (Å²) in [5.74, 6) is 0.956. The first-order chi connectivity index (χ1) is 14.6. The van der Waals surface area contributed by atoms with Gasteiger partial charge in [0.05, 0.1) is 10.6 Å². The lowest BCUT2D eigenvalue weighted by Gasteiger charge is -2.37. The topological polar surface area (TPSA) is 49.3 Å². The van der Waals surface area contributed by atoms with Crippen molar-refractivity contribution in [2.75, 3.05) is 31.1 Å². The van der Waals surface area contributed by atoms with Crippen LogP contribution in [0.5, 0.6) is 0 Å². The first-order valence-electron chi connectivity index (χ1n) is 11.0. The first-order valence-corrected chi connectivity index (χ1v) is 11.8. The molecule has 1 amide bonds. The highest BCUT2D eigenvalue weighted by molar-refractivity contribution is 7.20. The maximum atomic E-state index is 13.4. The van der Waals surface area contributed by atoms with Crippen LogP contribution in [-0.4, -0.2) is 47.0 Å². The summed E-state index contributed by atoms with van der Waals surface area (Å²) in [6.07, 6.45) is 0. The van der Waals surface area contributed by atoms with Gasteiger partial charge in [-0.3, -0.25) is 4.79 Å². The van der Waals surface area contributed by atoms with Crippen LogP contribution in [0.2, 0.25) is 0 Å². The molecule has 164 valence electrons. The van der Waals surface area contributed by atoms with Crippen LogP contribution < -0.4 is 4.90 Å². The highest BCUT2D eigenvalue weighted by Gasteiger charge is 2.28. The van der Waals surface area contributed by atoms with Crippen LogP contribution >= 0.6 is 11.3 Å². The molecule has 0 atom stereocenters. The van der Waals surface area contributed by atoms with Crippen LogP contribution in [0.1, 0.15) is 58.7 Å². The number of carbonyl (C=O) groups is 1. The van der Waals surface area contributed by atoms with Gasteiger partial charge in [0.15, 0.2) is 0 Å². The summed E-state index contributed by atoms with van der Waals surface area (Å²) in [4.78, 5) is 29.1. The largest absolute Gasteiger partial charge is 0.368 e. The maximum Gasteiger partial charge on any atom is 0.264 e. The third kappa shape index (κ3) is 3.93. The minimum Gasteiger partial charge on any atom is -0.368 e. The van der Waals surface area contributed by atoms with Gasteiger partial charge in [0, 0.05) is 42.7 Å². The third-order valence-electron chi connectivity index (χ3n) is 6.32. The molecule has 0 radical (unpaired) electrons. The summed E-state index contributed by atoms with van der Waals surface area (Å²) < 4.78 is 0. The minimum atomic E-state index is -0.120. The Kier molecular flexibility index (Phi) is 5.54. The first kappa shape index (κ1) is 21.8. The highest BCUT2D eigenvalue weighted by atomic mass is 32.1. The van der Waals surface area contributed by atoms with E-state index in [1.54, 1.807) is 0 Å². The van der Waals surface area contributed by atoms with Crippen LogP contribution in [0.15, 0.2) is 18.2 Å². The predicted octanol–water partition coefficient (Wildman–Crippen LogP) is 5.18. The van der Waals surface area contributed by atoms with E-state index >= 15 is 0 Å². The maximum absolute atomic E-state index is 13.4. The molecule has 0 spiro atoms. The Labute approximate surface area is 189 Å². The number of nitrogens with zero attached hydrogens (tertiary/aromatic N) is 4. The summed E-state index contributed by atoms with van der Waals surface area (Å²) in [5, 5.41) is 1.04. The fraction of sp³-hybridized carbons (Fsp3) is 0.480. The standard InChI is InChI=1S/C25H32N4OS/c1-15-9-8-10-19(16(15)2)28-11-13-29(14-12-28)23(30)21-17(3)20-18(4)26-24(25(5,6)7)27-22(20)31-21/h8-10H,11-14H2,1-7H3. The van der Waals surface area contributed by atoms with Gasteiger partial charge < -0.3 is 9.80 Å². The molecule has 0 saturated carbocycles. The molecule has 0 bridgehead atoms. The molecule has 31 heavy (non-hydrogen) atoms. The number of fused-ring (bicyclic) bond motifs is 1. The number of amides is 1. The van der Waals surface area contributed by atoms with E-state index in [9.17, 15) is 4.79 Å². The molecule has 4 rings (SSSR count). The monoisotopic (exact) mass is 436 g/mol. The zero-order valence-corrected chi connectivity index (χ0v) is 20.5. The molecule has 1 fully saturated rings. The molecule has 0 aliphatic carbocycles. The second kappa shape index (κ2) is 7.90. The van der Waals surface area contributed by atoms with Gasteiger partial charge in [-0.1, -0.05) is 32.9 Å². The van der Waals surface area contributed by atoms with Crippen LogP contribution in [-0.2, 0) is 5.41 Å². The summed E-state index contributed by atoms with van der Waals surface area (Å²) in [5.41, 5.74) is 5.77. The van der Waals surface area contributed by atoms with Gasteiger partial charge >= 0.3 is 0 Å². The van der Waals surface area contributed by atoms with Gasteiger partial charge in [-0.2, -0.15) is 0 Å². The van der Waals surface area contributed by atoms with Crippen molar-refractivity contribution in [2.24, 2.45) is 0 Å². The van der Waals surface area contributed by atoms with Crippen LogP contribution in [0.4, 0.5) is 5.69 Å². The van der Waals surface area contributed by atoms with E-state index in [1.807, 2.05) is 18.7 Å². The number of benzene rings is 1. The Hall–Kier alpha value is -2.47. The number of rotatable bonds is 2. The molecule has 3 heterocycles. The molecule has 1 saturated heterocycles. The zero-order chi connectivity index (χ0) is 22.5. The number of carbonyl (C=O) groups excluding carboxylic acids is 1. The van der Waals surface area contributed by atoms with Crippen molar-refractivity contribution in [2.45, 2.75) is 53.9 Å². The van der Waals surface area contributed by atoms with Crippen LogP contribution in [0.3, 0.4) is 0 Å². The molecule has 0 unspecified atom stereocenters. The molecule has 3 aromatic rings. The number of aromatic nitrogens is 2. The van der Waals surface area contributed by atoms with Gasteiger partial charge in [0.1, 0.15) is 10.7 Å². The van der Waals surface area contributed by atoms with Crippen molar-refractivity contribution in [3.8, 4) is 0 Å². The summed E-state index contributed by atoms with van der Waals surface area (Å²) >= 11 is 1.52. The minimum absolute atomic E-state index is 0.120. The number of aryl methyl sites for hydroxylation is 3. The predicted molar refractivity (Wildman–Crippen MR) is 130 cm³/mol. The Morgan fingerprint density at radius 2 is 1.65 bits per heavy atom. The Morgan fingerprint density at radius 3 is 2.29 bits per heavy atom.